The van der Waals surface area contributed by atoms with Gasteiger partial charge in [-0.25, -0.2) is 4.98 Å². The molecule has 7 aromatic rings. The number of nitrogens with zero attached hydrogens (tertiary/aromatic N) is 3. The molecule has 0 saturated heterocycles. The van der Waals surface area contributed by atoms with Crippen molar-refractivity contribution in [2.45, 2.75) is 0 Å². The molecule has 0 amide bonds. The first-order valence-electron chi connectivity index (χ1n) is 11.3. The molecule has 160 valence electrons. The first-order valence-corrected chi connectivity index (χ1v) is 12.1. The van der Waals surface area contributed by atoms with Crippen LogP contribution in [0.25, 0.3) is 59.4 Å². The molecule has 0 aliphatic heterocycles. The van der Waals surface area contributed by atoms with Crippen LogP contribution in [-0.2, 0) is 0 Å². The van der Waals surface area contributed by atoms with Crippen molar-refractivity contribution in [1.82, 2.24) is 14.5 Å². The summed E-state index contributed by atoms with van der Waals surface area (Å²) < 4.78 is 3.60. The van der Waals surface area contributed by atoms with E-state index in [0.717, 1.165) is 17.1 Å². The Labute approximate surface area is 200 Å². The number of benzene rings is 3. The molecule has 0 unspecified atom stereocenters. The Morgan fingerprint density at radius 2 is 1.47 bits per heavy atom. The fraction of sp³-hybridized carbons (Fsp3) is 0. The zero-order valence-corrected chi connectivity index (χ0v) is 19.0. The van der Waals surface area contributed by atoms with Crippen LogP contribution in [-0.4, -0.2) is 14.5 Å². The Balaban J connectivity index is 1.52. The van der Waals surface area contributed by atoms with E-state index in [2.05, 4.69) is 101 Å². The third kappa shape index (κ3) is 2.96. The van der Waals surface area contributed by atoms with Crippen LogP contribution in [0.4, 0.5) is 0 Å². The summed E-state index contributed by atoms with van der Waals surface area (Å²) in [4.78, 5) is 10.5. The van der Waals surface area contributed by atoms with Crippen LogP contribution in [0.2, 0.25) is 0 Å². The molecule has 0 radical (unpaired) electrons. The number of para-hydroxylation sites is 1. The summed E-state index contributed by atoms with van der Waals surface area (Å²) in [5, 5.41) is 3.81. The Morgan fingerprint density at radius 1 is 0.647 bits per heavy atom. The smallest absolute Gasteiger partial charge is 0.138 e. The molecule has 34 heavy (non-hydrogen) atoms. The molecule has 3 nitrogen and oxygen atoms in total. The number of aromatic nitrogens is 3. The van der Waals surface area contributed by atoms with Crippen molar-refractivity contribution in [1.29, 1.82) is 0 Å². The molecule has 4 heteroatoms. The van der Waals surface area contributed by atoms with E-state index >= 15 is 0 Å². The SMILES string of the molecule is c1ccc(-c2cc3ccc4c(c5ccccc5n4-c4cccc(-c5ccncc5)n4)c3s2)cc1. The largest absolute Gasteiger partial charge is 0.294 e. The molecule has 0 bridgehead atoms. The first-order chi connectivity index (χ1) is 16.9. The highest BCUT2D eigenvalue weighted by molar-refractivity contribution is 7.23. The molecule has 0 fully saturated rings. The number of fused-ring (bicyclic) bond motifs is 5. The van der Waals surface area contributed by atoms with Gasteiger partial charge in [-0.15, -0.1) is 11.3 Å². The summed E-state index contributed by atoms with van der Waals surface area (Å²) >= 11 is 1.86. The highest BCUT2D eigenvalue weighted by Crippen LogP contribution is 2.42. The Kier molecular flexibility index (Phi) is 4.32. The number of pyridine rings is 2. The zero-order chi connectivity index (χ0) is 22.5. The number of thiophene rings is 1. The van der Waals surface area contributed by atoms with Crippen molar-refractivity contribution in [2.24, 2.45) is 0 Å². The van der Waals surface area contributed by atoms with Crippen molar-refractivity contribution in [2.75, 3.05) is 0 Å². The summed E-state index contributed by atoms with van der Waals surface area (Å²) in [7, 11) is 0. The first kappa shape index (κ1) is 19.2. The quantitative estimate of drug-likeness (QED) is 0.270. The second-order valence-corrected chi connectivity index (χ2v) is 9.38. The highest BCUT2D eigenvalue weighted by Gasteiger charge is 2.17. The third-order valence-corrected chi connectivity index (χ3v) is 7.54. The summed E-state index contributed by atoms with van der Waals surface area (Å²) in [5.74, 6) is 0.916. The van der Waals surface area contributed by atoms with Crippen molar-refractivity contribution in [3.63, 3.8) is 0 Å². The van der Waals surface area contributed by atoms with Crippen LogP contribution in [0.5, 0.6) is 0 Å². The van der Waals surface area contributed by atoms with Gasteiger partial charge in [0.05, 0.1) is 16.7 Å². The Bertz CT molecular complexity index is 1800. The lowest BCUT2D eigenvalue weighted by molar-refractivity contribution is 1.08. The van der Waals surface area contributed by atoms with Gasteiger partial charge in [-0.1, -0.05) is 60.7 Å². The molecule has 0 saturated carbocycles. The maximum absolute atomic E-state index is 5.06. The van der Waals surface area contributed by atoms with Crippen LogP contribution >= 0.6 is 11.3 Å². The topological polar surface area (TPSA) is 30.7 Å². The molecule has 3 aromatic carbocycles. The molecule has 0 aliphatic carbocycles. The Morgan fingerprint density at radius 3 is 2.35 bits per heavy atom. The van der Waals surface area contributed by atoms with E-state index in [-0.39, 0.29) is 0 Å². The second-order valence-electron chi connectivity index (χ2n) is 8.32. The van der Waals surface area contributed by atoms with Crippen molar-refractivity contribution < 1.29 is 0 Å². The minimum absolute atomic E-state index is 0.916. The van der Waals surface area contributed by atoms with Gasteiger partial charge in [-0.05, 0) is 53.4 Å². The van der Waals surface area contributed by atoms with E-state index in [9.17, 15) is 0 Å². The van der Waals surface area contributed by atoms with E-state index in [1.165, 1.54) is 42.3 Å². The molecule has 4 heterocycles. The van der Waals surface area contributed by atoms with Crippen molar-refractivity contribution in [3.8, 4) is 27.5 Å². The zero-order valence-electron chi connectivity index (χ0n) is 18.2. The van der Waals surface area contributed by atoms with Gasteiger partial charge in [0.2, 0.25) is 0 Å². The van der Waals surface area contributed by atoms with Crippen LogP contribution in [0, 0.1) is 0 Å². The molecule has 0 N–H and O–H groups in total. The summed E-state index contributed by atoms with van der Waals surface area (Å²) in [5.41, 5.74) is 5.60. The molecule has 0 aliphatic rings. The molecule has 0 atom stereocenters. The standard InChI is InChI=1S/C30H19N3S/c1-2-7-21(8-3-1)27-19-22-13-14-26-29(30(22)34-27)23-9-4-5-11-25(23)33(26)28-12-6-10-24(32-28)20-15-17-31-18-16-20/h1-19H. The van der Waals surface area contributed by atoms with E-state index in [1.807, 2.05) is 35.9 Å². The predicted molar refractivity (Wildman–Crippen MR) is 143 cm³/mol. The third-order valence-electron chi connectivity index (χ3n) is 6.32. The second kappa shape index (κ2) is 7.65. The fourth-order valence-corrected chi connectivity index (χ4v) is 5.99. The molecule has 0 spiro atoms. The minimum Gasteiger partial charge on any atom is -0.294 e. The number of rotatable bonds is 3. The van der Waals surface area contributed by atoms with Gasteiger partial charge in [-0.3, -0.25) is 9.55 Å². The maximum Gasteiger partial charge on any atom is 0.138 e. The lowest BCUT2D eigenvalue weighted by atomic mass is 10.1. The van der Waals surface area contributed by atoms with Crippen molar-refractivity contribution in [3.05, 3.63) is 116 Å². The average molecular weight is 454 g/mol. The van der Waals surface area contributed by atoms with Crippen LogP contribution < -0.4 is 0 Å². The monoisotopic (exact) mass is 453 g/mol. The van der Waals surface area contributed by atoms with E-state index in [4.69, 9.17) is 4.98 Å². The predicted octanol–water partition coefficient (Wildman–Crippen LogP) is 8.12. The summed E-state index contributed by atoms with van der Waals surface area (Å²) in [6.45, 7) is 0. The normalized spacial score (nSPS) is 11.5. The summed E-state index contributed by atoms with van der Waals surface area (Å²) in [6.07, 6.45) is 3.62. The lowest BCUT2D eigenvalue weighted by Gasteiger charge is -2.09. The molecular formula is C30H19N3S. The van der Waals surface area contributed by atoms with Gasteiger partial charge in [0, 0.05) is 38.3 Å². The van der Waals surface area contributed by atoms with Crippen LogP contribution in [0.1, 0.15) is 0 Å². The number of hydrogen-bond donors (Lipinski definition) is 0. The van der Waals surface area contributed by atoms with Crippen LogP contribution in [0.15, 0.2) is 116 Å². The average Bonchev–Trinajstić information content (AvgIpc) is 3.49. The van der Waals surface area contributed by atoms with Gasteiger partial charge >= 0.3 is 0 Å². The molecule has 7 rings (SSSR count). The van der Waals surface area contributed by atoms with Gasteiger partial charge in [0.25, 0.3) is 0 Å². The van der Waals surface area contributed by atoms with E-state index in [1.54, 1.807) is 0 Å². The Hall–Kier alpha value is -4.28. The van der Waals surface area contributed by atoms with Crippen molar-refractivity contribution >= 4 is 43.2 Å². The highest BCUT2D eigenvalue weighted by atomic mass is 32.1. The minimum atomic E-state index is 0.916. The van der Waals surface area contributed by atoms with E-state index < -0.39 is 0 Å². The van der Waals surface area contributed by atoms with Gasteiger partial charge in [0.1, 0.15) is 5.82 Å². The molecular weight excluding hydrogens is 434 g/mol. The lowest BCUT2D eigenvalue weighted by Crippen LogP contribution is -1.98. The van der Waals surface area contributed by atoms with Gasteiger partial charge in [0.15, 0.2) is 0 Å². The maximum atomic E-state index is 5.06. The number of hydrogen-bond acceptors (Lipinski definition) is 3. The van der Waals surface area contributed by atoms with Gasteiger partial charge in [-0.2, -0.15) is 0 Å². The fourth-order valence-electron chi connectivity index (χ4n) is 4.77. The van der Waals surface area contributed by atoms with Crippen LogP contribution in [0.3, 0.4) is 0 Å². The summed E-state index contributed by atoms with van der Waals surface area (Å²) in [6, 6.07) is 36.3. The van der Waals surface area contributed by atoms with E-state index in [0.29, 0.717) is 0 Å². The molecule has 4 aromatic heterocycles. The van der Waals surface area contributed by atoms with Gasteiger partial charge < -0.3 is 0 Å².